The Morgan fingerprint density at radius 3 is 2.37 bits per heavy atom. The maximum absolute atomic E-state index is 11.2. The molecular weight excluding hydrogens is 270 g/mol. The number of para-hydroxylation sites is 1. The molecule has 0 N–H and O–H groups in total. The third-order valence-corrected chi connectivity index (χ3v) is 2.56. The average Bonchev–Trinajstić information content (AvgIpc) is 2.39. The van der Waals surface area contributed by atoms with Crippen molar-refractivity contribution in [3.05, 3.63) is 64.2 Å². The molecule has 0 aromatic heterocycles. The van der Waals surface area contributed by atoms with Crippen molar-refractivity contribution in [3.8, 4) is 11.5 Å². The van der Waals surface area contributed by atoms with Gasteiger partial charge in [0.05, 0.1) is 4.92 Å². The summed E-state index contributed by atoms with van der Waals surface area (Å²) in [5.74, 6) is 0.866. The Balaban J connectivity index is 2.36. The molecule has 0 saturated heterocycles. The molecule has 0 unspecified atom stereocenters. The summed E-state index contributed by atoms with van der Waals surface area (Å²) in [6.07, 6.45) is 0. The van der Waals surface area contributed by atoms with E-state index in [4.69, 9.17) is 16.3 Å². The van der Waals surface area contributed by atoms with E-state index in [1.54, 1.807) is 24.3 Å². The smallest absolute Gasteiger partial charge is 0.281 e. The van der Waals surface area contributed by atoms with Gasteiger partial charge in [-0.2, -0.15) is 0 Å². The molecule has 2 rings (SSSR count). The largest absolute Gasteiger partial charge is 0.457 e. The first-order chi connectivity index (χ1) is 9.08. The highest BCUT2D eigenvalue weighted by Crippen LogP contribution is 2.28. The minimum absolute atomic E-state index is 0.194. The minimum Gasteiger partial charge on any atom is -0.457 e. The molecule has 2 aromatic carbocycles. The molecule has 6 heteroatoms. The molecule has 0 heterocycles. The maximum atomic E-state index is 11.2. The van der Waals surface area contributed by atoms with Gasteiger partial charge in [-0.15, -0.1) is 0 Å². The number of rotatable bonds is 4. The Bertz CT molecular complexity index is 628. The van der Waals surface area contributed by atoms with E-state index in [0.29, 0.717) is 11.5 Å². The van der Waals surface area contributed by atoms with Gasteiger partial charge in [-0.25, -0.2) is 0 Å². The van der Waals surface area contributed by atoms with Crippen molar-refractivity contribution in [3.63, 3.8) is 0 Å². The Hall–Kier alpha value is -2.40. The zero-order valence-corrected chi connectivity index (χ0v) is 10.3. The van der Waals surface area contributed by atoms with Crippen LogP contribution in [0.4, 0.5) is 5.69 Å². The first-order valence-electron chi connectivity index (χ1n) is 5.29. The fourth-order valence-electron chi connectivity index (χ4n) is 1.52. The number of nitro groups is 1. The first kappa shape index (κ1) is 13.0. The van der Waals surface area contributed by atoms with Crippen molar-refractivity contribution < 1.29 is 14.5 Å². The van der Waals surface area contributed by atoms with Gasteiger partial charge in [0.2, 0.25) is 0 Å². The molecule has 0 fully saturated rings. The molecule has 0 bridgehead atoms. The van der Waals surface area contributed by atoms with E-state index in [0.717, 1.165) is 0 Å². The van der Waals surface area contributed by atoms with Gasteiger partial charge in [-0.3, -0.25) is 14.9 Å². The van der Waals surface area contributed by atoms with Crippen LogP contribution in [0, 0.1) is 10.1 Å². The Morgan fingerprint density at radius 1 is 1.11 bits per heavy atom. The van der Waals surface area contributed by atoms with E-state index in [-0.39, 0.29) is 11.3 Å². The standard InChI is InChI=1S/C13H8ClNO4/c14-13(16)11-8-10(6-7-12(11)15(17)18)19-9-4-2-1-3-5-9/h1-8H. The van der Waals surface area contributed by atoms with Crippen LogP contribution >= 0.6 is 11.6 Å². The van der Waals surface area contributed by atoms with Crippen LogP contribution in [0.25, 0.3) is 0 Å². The quantitative estimate of drug-likeness (QED) is 0.484. The van der Waals surface area contributed by atoms with E-state index in [2.05, 4.69) is 0 Å². The fourth-order valence-corrected chi connectivity index (χ4v) is 1.67. The zero-order valence-electron chi connectivity index (χ0n) is 9.58. The molecule has 96 valence electrons. The van der Waals surface area contributed by atoms with E-state index in [1.807, 2.05) is 6.07 Å². The number of hydrogen-bond acceptors (Lipinski definition) is 4. The SMILES string of the molecule is O=C(Cl)c1cc(Oc2ccccc2)ccc1[N+](=O)[O-]. The number of carbonyl (C=O) groups excluding carboxylic acids is 1. The lowest BCUT2D eigenvalue weighted by molar-refractivity contribution is -0.385. The van der Waals surface area contributed by atoms with Gasteiger partial charge in [0.15, 0.2) is 0 Å². The second-order valence-electron chi connectivity index (χ2n) is 3.62. The summed E-state index contributed by atoms with van der Waals surface area (Å²) in [5.41, 5.74) is -0.541. The van der Waals surface area contributed by atoms with E-state index in [9.17, 15) is 14.9 Å². The summed E-state index contributed by atoms with van der Waals surface area (Å²) in [5, 5.41) is 9.85. The van der Waals surface area contributed by atoms with Crippen LogP contribution in [0.1, 0.15) is 10.4 Å². The molecule has 19 heavy (non-hydrogen) atoms. The Labute approximate surface area is 113 Å². The second kappa shape index (κ2) is 5.49. The van der Waals surface area contributed by atoms with Crippen molar-refractivity contribution in [2.45, 2.75) is 0 Å². The van der Waals surface area contributed by atoms with Crippen LogP contribution in [0.3, 0.4) is 0 Å². The molecule has 0 amide bonds. The lowest BCUT2D eigenvalue weighted by Crippen LogP contribution is -1.99. The summed E-state index contributed by atoms with van der Waals surface area (Å²) < 4.78 is 5.47. The number of nitro benzene ring substituents is 1. The van der Waals surface area contributed by atoms with E-state index >= 15 is 0 Å². The molecule has 0 radical (unpaired) electrons. The predicted octanol–water partition coefficient (Wildman–Crippen LogP) is 3.77. The highest BCUT2D eigenvalue weighted by Gasteiger charge is 2.19. The summed E-state index contributed by atoms with van der Waals surface area (Å²) >= 11 is 5.33. The number of hydrogen-bond donors (Lipinski definition) is 0. The molecule has 0 atom stereocenters. The van der Waals surface area contributed by atoms with Crippen LogP contribution in [-0.4, -0.2) is 10.2 Å². The summed E-state index contributed by atoms with van der Waals surface area (Å²) in [6, 6.07) is 12.7. The average molecular weight is 278 g/mol. The number of ether oxygens (including phenoxy) is 1. The van der Waals surface area contributed by atoms with Crippen LogP contribution in [0.15, 0.2) is 48.5 Å². The molecule has 2 aromatic rings. The van der Waals surface area contributed by atoms with Crippen molar-refractivity contribution in [1.82, 2.24) is 0 Å². The zero-order chi connectivity index (χ0) is 13.8. The number of halogens is 1. The minimum atomic E-state index is -0.898. The first-order valence-corrected chi connectivity index (χ1v) is 5.67. The molecule has 0 spiro atoms. The van der Waals surface area contributed by atoms with Crippen molar-refractivity contribution in [1.29, 1.82) is 0 Å². The predicted molar refractivity (Wildman–Crippen MR) is 69.8 cm³/mol. The summed E-state index contributed by atoms with van der Waals surface area (Å²) in [6.45, 7) is 0. The molecule has 5 nitrogen and oxygen atoms in total. The van der Waals surface area contributed by atoms with Gasteiger partial charge in [-0.1, -0.05) is 18.2 Å². The monoisotopic (exact) mass is 277 g/mol. The topological polar surface area (TPSA) is 69.4 Å². The highest BCUT2D eigenvalue weighted by molar-refractivity contribution is 6.68. The van der Waals surface area contributed by atoms with Gasteiger partial charge in [0.1, 0.15) is 17.1 Å². The van der Waals surface area contributed by atoms with Crippen molar-refractivity contribution in [2.24, 2.45) is 0 Å². The molecule has 0 aliphatic carbocycles. The normalized spacial score (nSPS) is 9.95. The van der Waals surface area contributed by atoms with Crippen molar-refractivity contribution in [2.75, 3.05) is 0 Å². The maximum Gasteiger partial charge on any atom is 0.281 e. The van der Waals surface area contributed by atoms with Crippen molar-refractivity contribution >= 4 is 22.5 Å². The molecule has 0 saturated carbocycles. The number of nitrogens with zero attached hydrogens (tertiary/aromatic N) is 1. The van der Waals surface area contributed by atoms with Gasteiger partial charge < -0.3 is 4.74 Å². The third kappa shape index (κ3) is 3.08. The van der Waals surface area contributed by atoms with Gasteiger partial charge in [0, 0.05) is 6.07 Å². The Kier molecular flexibility index (Phi) is 3.77. The summed E-state index contributed by atoms with van der Waals surface area (Å²) in [4.78, 5) is 21.3. The second-order valence-corrected chi connectivity index (χ2v) is 3.97. The van der Waals surface area contributed by atoms with E-state index in [1.165, 1.54) is 18.2 Å². The van der Waals surface area contributed by atoms with Gasteiger partial charge in [-0.05, 0) is 35.9 Å². The lowest BCUT2D eigenvalue weighted by atomic mass is 10.2. The molecule has 0 aliphatic rings. The third-order valence-electron chi connectivity index (χ3n) is 2.36. The lowest BCUT2D eigenvalue weighted by Gasteiger charge is -2.06. The fraction of sp³-hybridized carbons (Fsp3) is 0. The Morgan fingerprint density at radius 2 is 1.79 bits per heavy atom. The van der Waals surface area contributed by atoms with Crippen LogP contribution in [0.5, 0.6) is 11.5 Å². The van der Waals surface area contributed by atoms with Crippen LogP contribution in [0.2, 0.25) is 0 Å². The summed E-state index contributed by atoms with van der Waals surface area (Å²) in [7, 11) is 0. The highest BCUT2D eigenvalue weighted by atomic mass is 35.5. The van der Waals surface area contributed by atoms with E-state index < -0.39 is 10.2 Å². The van der Waals surface area contributed by atoms with Gasteiger partial charge in [0.25, 0.3) is 10.9 Å². The molecule has 0 aliphatic heterocycles. The van der Waals surface area contributed by atoms with Crippen LogP contribution in [-0.2, 0) is 0 Å². The van der Waals surface area contributed by atoms with Crippen LogP contribution < -0.4 is 4.74 Å². The molecular formula is C13H8ClNO4. The number of benzene rings is 2. The van der Waals surface area contributed by atoms with Gasteiger partial charge >= 0.3 is 0 Å². The number of carbonyl (C=O) groups is 1.